The lowest BCUT2D eigenvalue weighted by Crippen LogP contribution is -2.18. The Labute approximate surface area is 170 Å². The minimum Gasteiger partial charge on any atom is -0.321 e. The molecule has 0 radical (unpaired) electrons. The van der Waals surface area contributed by atoms with Crippen molar-refractivity contribution in [2.24, 2.45) is 0 Å². The quantitative estimate of drug-likeness (QED) is 0.372. The minimum absolute atomic E-state index is 0.0551. The molecule has 0 aliphatic carbocycles. The average molecular weight is 405 g/mol. The number of carbonyl (C=O) groups is 1. The number of carbonyl (C=O) groups excluding carboxylic acids is 1. The number of aromatic nitrogens is 2. The molecule has 0 aliphatic rings. The van der Waals surface area contributed by atoms with E-state index in [1.165, 1.54) is 36.5 Å². The number of rotatable bonds is 4. The molecule has 2 heterocycles. The van der Waals surface area contributed by atoms with E-state index >= 15 is 0 Å². The fourth-order valence-electron chi connectivity index (χ4n) is 3.18. The number of H-pyrrole nitrogens is 1. The maximum Gasteiger partial charge on any atom is 0.260 e. The van der Waals surface area contributed by atoms with Crippen LogP contribution in [0.2, 0.25) is 5.02 Å². The summed E-state index contributed by atoms with van der Waals surface area (Å²) in [6.45, 7) is 0. The molecule has 0 fully saturated rings. The Kier molecular flexibility index (Phi) is 5.06. The molecule has 0 saturated carbocycles. The van der Waals surface area contributed by atoms with Crippen LogP contribution in [0.25, 0.3) is 28.1 Å². The molecule has 0 atom stereocenters. The van der Waals surface area contributed by atoms with Gasteiger partial charge in [0.2, 0.25) is 0 Å². The molecular formula is C23H14ClFN2O2. The number of halogens is 2. The Morgan fingerprint density at radius 2 is 1.86 bits per heavy atom. The topological polar surface area (TPSA) is 62.8 Å². The van der Waals surface area contributed by atoms with Crippen molar-refractivity contribution in [2.45, 2.75) is 0 Å². The van der Waals surface area contributed by atoms with Gasteiger partial charge in [-0.3, -0.25) is 14.6 Å². The van der Waals surface area contributed by atoms with Crippen LogP contribution in [0.4, 0.5) is 4.39 Å². The third-order valence-corrected chi connectivity index (χ3v) is 4.64. The number of pyridine rings is 2. The summed E-state index contributed by atoms with van der Waals surface area (Å²) in [5.41, 5.74) is 1.52. The first-order chi connectivity index (χ1) is 14.0. The molecule has 4 rings (SSSR count). The molecule has 4 aromatic rings. The Morgan fingerprint density at radius 3 is 2.62 bits per heavy atom. The summed E-state index contributed by atoms with van der Waals surface area (Å²) in [4.78, 5) is 32.4. The number of benzene rings is 2. The van der Waals surface area contributed by atoms with E-state index in [2.05, 4.69) is 9.97 Å². The van der Waals surface area contributed by atoms with Crippen LogP contribution in [0.15, 0.2) is 77.9 Å². The molecule has 0 amide bonds. The first-order valence-corrected chi connectivity index (χ1v) is 9.14. The third kappa shape index (κ3) is 3.86. The molecule has 1 N–H and O–H groups in total. The highest BCUT2D eigenvalue weighted by Gasteiger charge is 2.19. The summed E-state index contributed by atoms with van der Waals surface area (Å²) in [6.07, 6.45) is 5.85. The second-order valence-electron chi connectivity index (χ2n) is 6.39. The summed E-state index contributed by atoms with van der Waals surface area (Å²) in [5.74, 6) is -0.961. The molecule has 142 valence electrons. The Hall–Kier alpha value is -3.57. The van der Waals surface area contributed by atoms with Gasteiger partial charge in [0, 0.05) is 28.9 Å². The van der Waals surface area contributed by atoms with Crippen LogP contribution < -0.4 is 5.56 Å². The smallest absolute Gasteiger partial charge is 0.260 e. The SMILES string of the molecule is O=C(/C=C/c1cncc(Cl)c1)c1c(-c2ccccc2)c2cc(F)ccc2[nH]c1=O. The molecule has 0 saturated heterocycles. The molecule has 2 aromatic heterocycles. The van der Waals surface area contributed by atoms with E-state index < -0.39 is 17.2 Å². The lowest BCUT2D eigenvalue weighted by molar-refractivity contribution is 0.104. The minimum atomic E-state index is -0.540. The summed E-state index contributed by atoms with van der Waals surface area (Å²) in [6, 6.07) is 14.7. The summed E-state index contributed by atoms with van der Waals surface area (Å²) < 4.78 is 14.0. The van der Waals surface area contributed by atoms with Crippen molar-refractivity contribution >= 4 is 34.4 Å². The van der Waals surface area contributed by atoms with Gasteiger partial charge in [-0.2, -0.15) is 0 Å². The maximum absolute atomic E-state index is 14.0. The Morgan fingerprint density at radius 1 is 1.07 bits per heavy atom. The summed E-state index contributed by atoms with van der Waals surface area (Å²) >= 11 is 5.92. The van der Waals surface area contributed by atoms with Crippen molar-refractivity contribution < 1.29 is 9.18 Å². The average Bonchev–Trinajstić information content (AvgIpc) is 2.72. The zero-order valence-corrected chi connectivity index (χ0v) is 15.8. The fourth-order valence-corrected chi connectivity index (χ4v) is 3.36. The first-order valence-electron chi connectivity index (χ1n) is 8.77. The van der Waals surface area contributed by atoms with E-state index in [1.54, 1.807) is 36.5 Å². The monoisotopic (exact) mass is 404 g/mol. The molecule has 0 spiro atoms. The summed E-state index contributed by atoms with van der Waals surface area (Å²) in [5, 5.41) is 0.889. The highest BCUT2D eigenvalue weighted by atomic mass is 35.5. The van der Waals surface area contributed by atoms with Crippen molar-refractivity contribution in [1.82, 2.24) is 9.97 Å². The Balaban J connectivity index is 1.92. The van der Waals surface area contributed by atoms with Crippen molar-refractivity contribution in [2.75, 3.05) is 0 Å². The molecule has 0 aliphatic heterocycles. The molecule has 6 heteroatoms. The number of allylic oxidation sites excluding steroid dienone is 1. The van der Waals surface area contributed by atoms with Gasteiger partial charge in [0.05, 0.1) is 10.6 Å². The predicted octanol–water partition coefficient (Wildman–Crippen LogP) is 5.28. The van der Waals surface area contributed by atoms with Gasteiger partial charge < -0.3 is 4.98 Å². The zero-order chi connectivity index (χ0) is 20.4. The zero-order valence-electron chi connectivity index (χ0n) is 15.0. The Bertz CT molecular complexity index is 1310. The van der Waals surface area contributed by atoms with E-state index in [-0.39, 0.29) is 5.56 Å². The van der Waals surface area contributed by atoms with Crippen LogP contribution in [-0.2, 0) is 0 Å². The largest absolute Gasteiger partial charge is 0.321 e. The number of ketones is 1. The van der Waals surface area contributed by atoms with Gasteiger partial charge in [0.15, 0.2) is 5.78 Å². The lowest BCUT2D eigenvalue weighted by Gasteiger charge is -2.11. The van der Waals surface area contributed by atoms with Crippen LogP contribution >= 0.6 is 11.6 Å². The van der Waals surface area contributed by atoms with Crippen LogP contribution in [0, 0.1) is 5.82 Å². The number of fused-ring (bicyclic) bond motifs is 1. The number of hydrogen-bond donors (Lipinski definition) is 1. The van der Waals surface area contributed by atoms with Crippen molar-refractivity contribution in [3.05, 3.63) is 105 Å². The van der Waals surface area contributed by atoms with Crippen molar-refractivity contribution in [3.63, 3.8) is 0 Å². The molecule has 4 nitrogen and oxygen atoms in total. The highest BCUT2D eigenvalue weighted by Crippen LogP contribution is 2.30. The molecular weight excluding hydrogens is 391 g/mol. The van der Waals surface area contributed by atoms with Gasteiger partial charge in [-0.05, 0) is 47.5 Å². The van der Waals surface area contributed by atoms with Crippen molar-refractivity contribution in [3.8, 4) is 11.1 Å². The van der Waals surface area contributed by atoms with Gasteiger partial charge in [0.1, 0.15) is 5.82 Å². The van der Waals surface area contributed by atoms with Crippen molar-refractivity contribution in [1.29, 1.82) is 0 Å². The standard InChI is InChI=1S/C23H14ClFN2O2/c24-16-10-14(12-26-13-16)6-9-20(28)22-21(15-4-2-1-3-5-15)18-11-17(25)7-8-19(18)27-23(22)29/h1-13H,(H,27,29)/b9-6+. The number of nitrogens with one attached hydrogen (secondary N) is 1. The predicted molar refractivity (Wildman–Crippen MR) is 113 cm³/mol. The molecule has 2 aromatic carbocycles. The highest BCUT2D eigenvalue weighted by molar-refractivity contribution is 6.30. The van der Waals surface area contributed by atoms with E-state index in [0.29, 0.717) is 32.6 Å². The van der Waals surface area contributed by atoms with Crippen LogP contribution in [0.3, 0.4) is 0 Å². The van der Waals surface area contributed by atoms with Crippen LogP contribution in [0.5, 0.6) is 0 Å². The van der Waals surface area contributed by atoms with E-state index in [1.807, 2.05) is 6.07 Å². The molecule has 0 bridgehead atoms. The second kappa shape index (κ2) is 7.81. The third-order valence-electron chi connectivity index (χ3n) is 4.44. The normalized spacial score (nSPS) is 11.2. The van der Waals surface area contributed by atoms with E-state index in [0.717, 1.165) is 0 Å². The summed E-state index contributed by atoms with van der Waals surface area (Å²) in [7, 11) is 0. The van der Waals surface area contributed by atoms with Crippen LogP contribution in [0.1, 0.15) is 15.9 Å². The van der Waals surface area contributed by atoms with Crippen LogP contribution in [-0.4, -0.2) is 15.8 Å². The number of hydrogen-bond acceptors (Lipinski definition) is 3. The fraction of sp³-hybridized carbons (Fsp3) is 0. The lowest BCUT2D eigenvalue weighted by atomic mass is 9.94. The number of nitrogens with zero attached hydrogens (tertiary/aromatic N) is 1. The van der Waals surface area contributed by atoms with Gasteiger partial charge >= 0.3 is 0 Å². The van der Waals surface area contributed by atoms with Gasteiger partial charge in [-0.1, -0.05) is 41.9 Å². The van der Waals surface area contributed by atoms with E-state index in [9.17, 15) is 14.0 Å². The maximum atomic E-state index is 14.0. The molecule has 29 heavy (non-hydrogen) atoms. The van der Waals surface area contributed by atoms with Gasteiger partial charge in [-0.25, -0.2) is 4.39 Å². The molecule has 0 unspecified atom stereocenters. The second-order valence-corrected chi connectivity index (χ2v) is 6.83. The van der Waals surface area contributed by atoms with E-state index in [4.69, 9.17) is 11.6 Å². The van der Waals surface area contributed by atoms with Gasteiger partial charge in [-0.15, -0.1) is 0 Å². The number of aromatic amines is 1. The van der Waals surface area contributed by atoms with Gasteiger partial charge in [0.25, 0.3) is 5.56 Å². The first kappa shape index (κ1) is 18.8.